The third-order valence-electron chi connectivity index (χ3n) is 2.50. The van der Waals surface area contributed by atoms with E-state index in [-0.39, 0.29) is 5.41 Å². The summed E-state index contributed by atoms with van der Waals surface area (Å²) in [7, 11) is 0. The van der Waals surface area contributed by atoms with Gasteiger partial charge in [0.2, 0.25) is 0 Å². The molecule has 3 N–H and O–H groups in total. The molecule has 1 aromatic rings. The van der Waals surface area contributed by atoms with Crippen molar-refractivity contribution >= 4 is 11.8 Å². The lowest BCUT2D eigenvalue weighted by Crippen LogP contribution is -2.22. The molecule has 5 heteroatoms. The lowest BCUT2D eigenvalue weighted by molar-refractivity contribution is -0.141. The molecular weight excluding hydrogens is 206 g/mol. The molecule has 5 nitrogen and oxygen atoms in total. The van der Waals surface area contributed by atoms with Crippen LogP contribution >= 0.6 is 0 Å². The second-order valence-electron chi connectivity index (χ2n) is 4.91. The minimum atomic E-state index is -0.905. The molecule has 0 aliphatic carbocycles. The first-order chi connectivity index (χ1) is 7.27. The van der Waals surface area contributed by atoms with Crippen LogP contribution in [0.25, 0.3) is 0 Å². The molecule has 0 amide bonds. The highest BCUT2D eigenvalue weighted by Crippen LogP contribution is 2.25. The van der Waals surface area contributed by atoms with Gasteiger partial charge in [-0.1, -0.05) is 27.7 Å². The summed E-state index contributed by atoms with van der Waals surface area (Å²) in [6.07, 6.45) is 0.463. The number of rotatable bonds is 3. The van der Waals surface area contributed by atoms with Crippen molar-refractivity contribution in [3.63, 3.8) is 0 Å². The zero-order valence-electron chi connectivity index (χ0n) is 10.2. The average molecular weight is 225 g/mol. The van der Waals surface area contributed by atoms with E-state index in [4.69, 9.17) is 10.8 Å². The number of hydrogen-bond donors (Lipinski definition) is 2. The highest BCUT2D eigenvalue weighted by atomic mass is 16.4. The summed E-state index contributed by atoms with van der Waals surface area (Å²) in [5, 5.41) is 13.3. The maximum atomic E-state index is 11.0. The van der Waals surface area contributed by atoms with Crippen LogP contribution in [-0.4, -0.2) is 20.9 Å². The predicted molar refractivity (Wildman–Crippen MR) is 62.3 cm³/mol. The molecule has 1 rings (SSSR count). The van der Waals surface area contributed by atoms with Crippen molar-refractivity contribution in [1.82, 2.24) is 9.78 Å². The molecule has 0 spiro atoms. The first-order valence-electron chi connectivity index (χ1n) is 5.35. The zero-order valence-corrected chi connectivity index (χ0v) is 10.2. The van der Waals surface area contributed by atoms with Crippen LogP contribution in [0, 0.1) is 0 Å². The normalized spacial score (nSPS) is 13.8. The van der Waals surface area contributed by atoms with Crippen molar-refractivity contribution in [3.05, 3.63) is 11.8 Å². The number of aliphatic carboxylic acids is 1. The van der Waals surface area contributed by atoms with Gasteiger partial charge in [-0.25, -0.2) is 9.48 Å². The van der Waals surface area contributed by atoms with Crippen molar-refractivity contribution in [1.29, 1.82) is 0 Å². The Morgan fingerprint density at radius 3 is 2.50 bits per heavy atom. The van der Waals surface area contributed by atoms with Crippen molar-refractivity contribution in [3.8, 4) is 0 Å². The zero-order chi connectivity index (χ0) is 12.5. The largest absolute Gasteiger partial charge is 0.480 e. The summed E-state index contributed by atoms with van der Waals surface area (Å²) >= 11 is 0. The van der Waals surface area contributed by atoms with Crippen LogP contribution in [0.1, 0.15) is 45.9 Å². The van der Waals surface area contributed by atoms with Crippen LogP contribution in [0.3, 0.4) is 0 Å². The SMILES string of the molecule is CCC(C(=O)O)n1nc(C(C)(C)C)cc1N. The number of nitrogens with zero attached hydrogens (tertiary/aromatic N) is 2. The Labute approximate surface area is 95.3 Å². The van der Waals surface area contributed by atoms with E-state index < -0.39 is 12.0 Å². The van der Waals surface area contributed by atoms with Crippen molar-refractivity contribution in [2.75, 3.05) is 5.73 Å². The number of nitrogens with two attached hydrogens (primary N) is 1. The molecule has 0 saturated heterocycles. The number of aromatic nitrogens is 2. The molecule has 1 aromatic heterocycles. The van der Waals surface area contributed by atoms with E-state index in [9.17, 15) is 4.79 Å². The fourth-order valence-electron chi connectivity index (χ4n) is 1.48. The standard InChI is InChI=1S/C11H19N3O2/c1-5-7(10(15)16)14-9(12)6-8(13-14)11(2,3)4/h6-7H,5,12H2,1-4H3,(H,15,16). The molecule has 0 fully saturated rings. The first kappa shape index (κ1) is 12.5. The van der Waals surface area contributed by atoms with Gasteiger partial charge in [0.15, 0.2) is 6.04 Å². The number of carboxylic acid groups (broad SMARTS) is 1. The Morgan fingerprint density at radius 1 is 1.62 bits per heavy atom. The summed E-state index contributed by atoms with van der Waals surface area (Å²) in [5.74, 6) is -0.503. The summed E-state index contributed by atoms with van der Waals surface area (Å²) in [4.78, 5) is 11.0. The Hall–Kier alpha value is -1.52. The highest BCUT2D eigenvalue weighted by molar-refractivity contribution is 5.72. The molecular formula is C11H19N3O2. The quantitative estimate of drug-likeness (QED) is 0.821. The van der Waals surface area contributed by atoms with Gasteiger partial charge in [-0.3, -0.25) is 0 Å². The van der Waals surface area contributed by atoms with Crippen molar-refractivity contribution in [2.24, 2.45) is 0 Å². The van der Waals surface area contributed by atoms with Gasteiger partial charge in [0.05, 0.1) is 5.69 Å². The predicted octanol–water partition coefficient (Wildman–Crippen LogP) is 1.80. The van der Waals surface area contributed by atoms with E-state index in [1.54, 1.807) is 13.0 Å². The van der Waals surface area contributed by atoms with E-state index in [0.717, 1.165) is 5.69 Å². The van der Waals surface area contributed by atoms with Gasteiger partial charge < -0.3 is 10.8 Å². The minimum absolute atomic E-state index is 0.129. The van der Waals surface area contributed by atoms with Gasteiger partial charge in [-0.15, -0.1) is 0 Å². The number of nitrogen functional groups attached to an aromatic ring is 1. The molecule has 0 bridgehead atoms. The van der Waals surface area contributed by atoms with Gasteiger partial charge in [-0.05, 0) is 6.42 Å². The van der Waals surface area contributed by atoms with Crippen LogP contribution in [0.5, 0.6) is 0 Å². The van der Waals surface area contributed by atoms with E-state index in [1.807, 2.05) is 20.8 Å². The summed E-state index contributed by atoms with van der Waals surface area (Å²) in [6, 6.07) is 1.06. The summed E-state index contributed by atoms with van der Waals surface area (Å²) < 4.78 is 1.39. The molecule has 1 unspecified atom stereocenters. The fourth-order valence-corrected chi connectivity index (χ4v) is 1.48. The average Bonchev–Trinajstić information content (AvgIpc) is 2.48. The summed E-state index contributed by atoms with van der Waals surface area (Å²) in [6.45, 7) is 7.85. The third-order valence-corrected chi connectivity index (χ3v) is 2.50. The van der Waals surface area contributed by atoms with Gasteiger partial charge in [0.1, 0.15) is 5.82 Å². The lowest BCUT2D eigenvalue weighted by Gasteiger charge is -2.15. The van der Waals surface area contributed by atoms with Crippen LogP contribution in [-0.2, 0) is 10.2 Å². The van der Waals surface area contributed by atoms with Crippen LogP contribution < -0.4 is 5.73 Å². The second-order valence-corrected chi connectivity index (χ2v) is 4.91. The van der Waals surface area contributed by atoms with Crippen LogP contribution in [0.2, 0.25) is 0 Å². The first-order valence-corrected chi connectivity index (χ1v) is 5.35. The molecule has 0 aromatic carbocycles. The van der Waals surface area contributed by atoms with Crippen LogP contribution in [0.15, 0.2) is 6.07 Å². The fraction of sp³-hybridized carbons (Fsp3) is 0.636. The maximum Gasteiger partial charge on any atom is 0.328 e. The van der Waals surface area contributed by atoms with Crippen molar-refractivity contribution in [2.45, 2.75) is 45.6 Å². The Kier molecular flexibility index (Phi) is 3.26. The molecule has 0 saturated carbocycles. The summed E-state index contributed by atoms with van der Waals surface area (Å²) in [5.41, 5.74) is 6.47. The molecule has 0 aliphatic heterocycles. The van der Waals surface area contributed by atoms with Gasteiger partial charge in [0.25, 0.3) is 0 Å². The molecule has 0 radical (unpaired) electrons. The smallest absolute Gasteiger partial charge is 0.328 e. The second kappa shape index (κ2) is 4.15. The highest BCUT2D eigenvalue weighted by Gasteiger charge is 2.24. The minimum Gasteiger partial charge on any atom is -0.480 e. The molecule has 90 valence electrons. The molecule has 1 atom stereocenters. The monoisotopic (exact) mass is 225 g/mol. The number of hydrogen-bond acceptors (Lipinski definition) is 3. The van der Waals surface area contributed by atoms with Crippen molar-refractivity contribution < 1.29 is 9.90 Å². The number of carbonyl (C=O) groups is 1. The Bertz CT molecular complexity index is 390. The van der Waals surface area contributed by atoms with Gasteiger partial charge >= 0.3 is 5.97 Å². The maximum absolute atomic E-state index is 11.0. The van der Waals surface area contributed by atoms with E-state index >= 15 is 0 Å². The number of anilines is 1. The molecule has 1 heterocycles. The Balaban J connectivity index is 3.15. The van der Waals surface area contributed by atoms with E-state index in [1.165, 1.54) is 4.68 Å². The number of carboxylic acids is 1. The van der Waals surface area contributed by atoms with E-state index in [0.29, 0.717) is 12.2 Å². The topological polar surface area (TPSA) is 81.1 Å². The van der Waals surface area contributed by atoms with Gasteiger partial charge in [0, 0.05) is 11.5 Å². The molecule has 0 aliphatic rings. The Morgan fingerprint density at radius 2 is 2.19 bits per heavy atom. The van der Waals surface area contributed by atoms with E-state index in [2.05, 4.69) is 5.10 Å². The third kappa shape index (κ3) is 2.35. The lowest BCUT2D eigenvalue weighted by atomic mass is 9.92. The van der Waals surface area contributed by atoms with Crippen LogP contribution in [0.4, 0.5) is 5.82 Å². The van der Waals surface area contributed by atoms with Gasteiger partial charge in [-0.2, -0.15) is 5.10 Å². The molecule has 16 heavy (non-hydrogen) atoms.